The van der Waals surface area contributed by atoms with Crippen LogP contribution in [0.25, 0.3) is 10.9 Å². The van der Waals surface area contributed by atoms with Crippen molar-refractivity contribution in [2.24, 2.45) is 5.92 Å². The van der Waals surface area contributed by atoms with E-state index < -0.39 is 5.82 Å². The first-order valence-electron chi connectivity index (χ1n) is 10.2. The molecule has 0 aliphatic carbocycles. The number of hydrogen-bond donors (Lipinski definition) is 1. The number of piperidine rings is 1. The number of H-pyrrole nitrogens is 1. The van der Waals surface area contributed by atoms with Crippen LogP contribution in [0.1, 0.15) is 54.1 Å². The number of benzene rings is 2. The number of carbonyl (C=O) groups is 1. The van der Waals surface area contributed by atoms with Gasteiger partial charge in [-0.1, -0.05) is 26.0 Å². The molecule has 4 rings (SSSR count). The van der Waals surface area contributed by atoms with Gasteiger partial charge in [-0.2, -0.15) is 0 Å². The summed E-state index contributed by atoms with van der Waals surface area (Å²) >= 11 is 0. The van der Waals surface area contributed by atoms with E-state index >= 15 is 0 Å². The number of aromatic amines is 1. The van der Waals surface area contributed by atoms with E-state index in [1.165, 1.54) is 11.6 Å². The van der Waals surface area contributed by atoms with Gasteiger partial charge in [-0.15, -0.1) is 0 Å². The van der Waals surface area contributed by atoms with E-state index in [9.17, 15) is 9.18 Å². The molecule has 2 heterocycles. The Balaban J connectivity index is 1.59. The summed E-state index contributed by atoms with van der Waals surface area (Å²) in [6.45, 7) is 7.91. The number of nitrogens with one attached hydrogen (secondary N) is 1. The Kier molecular flexibility index (Phi) is 5.31. The Morgan fingerprint density at radius 2 is 1.93 bits per heavy atom. The fraction of sp³-hybridized carbons (Fsp3) is 0.375. The molecule has 1 N–H and O–H groups in total. The zero-order chi connectivity index (χ0) is 19.7. The smallest absolute Gasteiger partial charge is 0.195 e. The predicted molar refractivity (Wildman–Crippen MR) is 111 cm³/mol. The van der Waals surface area contributed by atoms with Gasteiger partial charge >= 0.3 is 0 Å². The molecule has 1 aromatic heterocycles. The number of aromatic nitrogens is 1. The minimum atomic E-state index is -0.473. The van der Waals surface area contributed by atoms with Gasteiger partial charge in [0.2, 0.25) is 0 Å². The van der Waals surface area contributed by atoms with Crippen LogP contribution < -0.4 is 0 Å². The van der Waals surface area contributed by atoms with Crippen LogP contribution in [-0.4, -0.2) is 35.3 Å². The molecule has 146 valence electrons. The highest BCUT2D eigenvalue weighted by molar-refractivity contribution is 6.10. The number of nitrogens with zero attached hydrogens (tertiary/aromatic N) is 1. The molecule has 0 atom stereocenters. The Morgan fingerprint density at radius 1 is 1.18 bits per heavy atom. The minimum absolute atomic E-state index is 0.126. The van der Waals surface area contributed by atoms with Crippen molar-refractivity contribution in [3.05, 3.63) is 71.2 Å². The highest BCUT2D eigenvalue weighted by atomic mass is 19.1. The van der Waals surface area contributed by atoms with Gasteiger partial charge in [0.1, 0.15) is 5.82 Å². The summed E-state index contributed by atoms with van der Waals surface area (Å²) in [7, 11) is 0. The summed E-state index contributed by atoms with van der Waals surface area (Å²) in [6.07, 6.45) is 4.35. The molecule has 28 heavy (non-hydrogen) atoms. The van der Waals surface area contributed by atoms with Gasteiger partial charge in [-0.3, -0.25) is 4.79 Å². The van der Waals surface area contributed by atoms with Crippen LogP contribution in [-0.2, 0) is 0 Å². The Hall–Kier alpha value is -2.46. The van der Waals surface area contributed by atoms with E-state index in [0.717, 1.165) is 43.4 Å². The topological polar surface area (TPSA) is 36.1 Å². The number of carbonyl (C=O) groups excluding carboxylic acids is 1. The maximum atomic E-state index is 14.0. The maximum Gasteiger partial charge on any atom is 0.195 e. The van der Waals surface area contributed by atoms with E-state index in [-0.39, 0.29) is 11.3 Å². The van der Waals surface area contributed by atoms with E-state index in [4.69, 9.17) is 0 Å². The fourth-order valence-electron chi connectivity index (χ4n) is 4.37. The summed E-state index contributed by atoms with van der Waals surface area (Å²) in [4.78, 5) is 18.7. The van der Waals surface area contributed by atoms with Crippen LogP contribution in [0.2, 0.25) is 0 Å². The molecule has 1 saturated heterocycles. The van der Waals surface area contributed by atoms with Gasteiger partial charge in [-0.25, -0.2) is 4.39 Å². The van der Waals surface area contributed by atoms with Crippen molar-refractivity contribution < 1.29 is 9.18 Å². The molecule has 4 heteroatoms. The molecule has 0 unspecified atom stereocenters. The third-order valence-corrected chi connectivity index (χ3v) is 5.75. The van der Waals surface area contributed by atoms with E-state index in [1.807, 2.05) is 12.1 Å². The van der Waals surface area contributed by atoms with Crippen molar-refractivity contribution in [3.63, 3.8) is 0 Å². The SMILES string of the molecule is CC(C)CN1CCC(c2c[nH]c3ccc(C(=O)c4ccccc4F)cc23)CC1. The zero-order valence-electron chi connectivity index (χ0n) is 16.5. The van der Waals surface area contributed by atoms with Gasteiger partial charge in [0.05, 0.1) is 5.56 Å². The third-order valence-electron chi connectivity index (χ3n) is 5.75. The second kappa shape index (κ2) is 7.88. The lowest BCUT2D eigenvalue weighted by Crippen LogP contribution is -2.35. The lowest BCUT2D eigenvalue weighted by molar-refractivity contribution is 0.103. The minimum Gasteiger partial charge on any atom is -0.361 e. The number of ketones is 1. The largest absolute Gasteiger partial charge is 0.361 e. The molecule has 2 aromatic carbocycles. The molecule has 3 aromatic rings. The van der Waals surface area contributed by atoms with E-state index in [0.29, 0.717) is 17.4 Å². The van der Waals surface area contributed by atoms with Crippen LogP contribution in [0.3, 0.4) is 0 Å². The molecule has 0 bridgehead atoms. The van der Waals surface area contributed by atoms with Gasteiger partial charge in [0.15, 0.2) is 5.78 Å². The first kappa shape index (κ1) is 18.9. The molecular weight excluding hydrogens is 351 g/mol. The monoisotopic (exact) mass is 378 g/mol. The molecule has 0 saturated carbocycles. The first-order valence-corrected chi connectivity index (χ1v) is 10.2. The van der Waals surface area contributed by atoms with Gasteiger partial charge in [0, 0.05) is 29.2 Å². The summed E-state index contributed by atoms with van der Waals surface area (Å²) in [5, 5.41) is 1.09. The quantitative estimate of drug-likeness (QED) is 0.606. The zero-order valence-corrected chi connectivity index (χ0v) is 16.5. The Bertz CT molecular complexity index is 983. The molecule has 3 nitrogen and oxygen atoms in total. The van der Waals surface area contributed by atoms with Crippen LogP contribution in [0.4, 0.5) is 4.39 Å². The van der Waals surface area contributed by atoms with Gasteiger partial charge in [-0.05, 0) is 73.7 Å². The lowest BCUT2D eigenvalue weighted by Gasteiger charge is -2.33. The van der Waals surface area contributed by atoms with Crippen LogP contribution in [0.5, 0.6) is 0 Å². The number of hydrogen-bond acceptors (Lipinski definition) is 2. The van der Waals surface area contributed by atoms with Crippen molar-refractivity contribution >= 4 is 16.7 Å². The summed E-state index contributed by atoms with van der Waals surface area (Å²) in [5.74, 6) is 0.450. The fourth-order valence-corrected chi connectivity index (χ4v) is 4.37. The molecular formula is C24H27FN2O. The third kappa shape index (κ3) is 3.74. The molecule has 1 aliphatic heterocycles. The van der Waals surface area contributed by atoms with E-state index in [2.05, 4.69) is 29.9 Å². The van der Waals surface area contributed by atoms with Crippen molar-refractivity contribution in [2.75, 3.05) is 19.6 Å². The summed E-state index contributed by atoms with van der Waals surface area (Å²) in [5.41, 5.74) is 2.98. The number of halogens is 1. The van der Waals surface area contributed by atoms with Crippen molar-refractivity contribution in [1.29, 1.82) is 0 Å². The highest BCUT2D eigenvalue weighted by Crippen LogP contribution is 2.34. The normalized spacial score (nSPS) is 16.1. The molecule has 0 amide bonds. The Labute approximate surface area is 165 Å². The highest BCUT2D eigenvalue weighted by Gasteiger charge is 2.24. The average molecular weight is 378 g/mol. The number of rotatable bonds is 5. The standard InChI is InChI=1S/C24H27FN2O/c1-16(2)15-27-11-9-17(10-12-27)21-14-26-23-8-7-18(13-20(21)23)24(28)19-5-3-4-6-22(19)25/h3-8,13-14,16-17,26H,9-12,15H2,1-2H3. The molecule has 0 radical (unpaired) electrons. The van der Waals surface area contributed by atoms with Crippen molar-refractivity contribution in [2.45, 2.75) is 32.6 Å². The Morgan fingerprint density at radius 3 is 2.64 bits per heavy atom. The second-order valence-corrected chi connectivity index (χ2v) is 8.28. The maximum absolute atomic E-state index is 14.0. The summed E-state index contributed by atoms with van der Waals surface area (Å²) < 4.78 is 14.0. The van der Waals surface area contributed by atoms with E-state index in [1.54, 1.807) is 24.3 Å². The lowest BCUT2D eigenvalue weighted by atomic mass is 9.88. The van der Waals surface area contributed by atoms with Crippen molar-refractivity contribution in [3.8, 4) is 0 Å². The molecule has 1 fully saturated rings. The molecule has 0 spiro atoms. The van der Waals surface area contributed by atoms with Crippen LogP contribution in [0, 0.1) is 11.7 Å². The number of fused-ring (bicyclic) bond motifs is 1. The van der Waals surface area contributed by atoms with Crippen LogP contribution in [0.15, 0.2) is 48.7 Å². The second-order valence-electron chi connectivity index (χ2n) is 8.28. The average Bonchev–Trinajstić information content (AvgIpc) is 3.11. The first-order chi connectivity index (χ1) is 13.5. The van der Waals surface area contributed by atoms with Crippen LogP contribution >= 0.6 is 0 Å². The predicted octanol–water partition coefficient (Wildman–Crippen LogP) is 5.37. The molecule has 1 aliphatic rings. The van der Waals surface area contributed by atoms with Gasteiger partial charge in [0.25, 0.3) is 0 Å². The number of likely N-dealkylation sites (tertiary alicyclic amines) is 1. The van der Waals surface area contributed by atoms with Crippen molar-refractivity contribution in [1.82, 2.24) is 9.88 Å². The summed E-state index contributed by atoms with van der Waals surface area (Å²) in [6, 6.07) is 11.8. The van der Waals surface area contributed by atoms with Gasteiger partial charge < -0.3 is 9.88 Å².